The number of nitrogens with zero attached hydrogens (tertiary/aromatic N) is 2. The number of aromatic nitrogens is 2. The van der Waals surface area contributed by atoms with Gasteiger partial charge < -0.3 is 15.0 Å². The minimum Gasteiger partial charge on any atom is -0.484 e. The zero-order chi connectivity index (χ0) is 13.3. The van der Waals surface area contributed by atoms with Crippen LogP contribution in [0, 0.1) is 0 Å². The van der Waals surface area contributed by atoms with Gasteiger partial charge in [0.1, 0.15) is 5.75 Å². The largest absolute Gasteiger partial charge is 0.484 e. The summed E-state index contributed by atoms with van der Waals surface area (Å²) in [5.74, 6) is 1.66. The van der Waals surface area contributed by atoms with Gasteiger partial charge in [0.15, 0.2) is 12.4 Å². The van der Waals surface area contributed by atoms with Crippen LogP contribution in [0.4, 0.5) is 0 Å². The van der Waals surface area contributed by atoms with Crippen molar-refractivity contribution in [2.75, 3.05) is 0 Å². The fourth-order valence-corrected chi connectivity index (χ4v) is 2.18. The van der Waals surface area contributed by atoms with E-state index in [4.69, 9.17) is 26.6 Å². The molecule has 2 aromatic rings. The zero-order valence-electron chi connectivity index (χ0n) is 10.7. The number of hydrogen-bond acceptors (Lipinski definition) is 5. The molecule has 108 valence electrons. The molecule has 0 amide bonds. The first kappa shape index (κ1) is 15.1. The molecule has 7 heteroatoms. The SMILES string of the molecule is Cl.NC1(c2noc(COc3cccc(Cl)c3)n2)CCC1. The Kier molecular flexibility index (Phi) is 4.52. The summed E-state index contributed by atoms with van der Waals surface area (Å²) < 4.78 is 10.7. The number of hydrogen-bond donors (Lipinski definition) is 1. The first-order valence-electron chi connectivity index (χ1n) is 6.16. The van der Waals surface area contributed by atoms with Crippen LogP contribution in [0.3, 0.4) is 0 Å². The Morgan fingerprint density at radius 1 is 1.40 bits per heavy atom. The highest BCUT2D eigenvalue weighted by Crippen LogP contribution is 2.36. The molecule has 1 saturated carbocycles. The number of halogens is 2. The van der Waals surface area contributed by atoms with Crippen LogP contribution in [0.2, 0.25) is 5.02 Å². The summed E-state index contributed by atoms with van der Waals surface area (Å²) in [6.07, 6.45) is 2.92. The lowest BCUT2D eigenvalue weighted by Gasteiger charge is -2.34. The van der Waals surface area contributed by atoms with Crippen LogP contribution >= 0.6 is 24.0 Å². The predicted molar refractivity (Wildman–Crippen MR) is 77.0 cm³/mol. The third-order valence-electron chi connectivity index (χ3n) is 3.32. The third kappa shape index (κ3) is 3.06. The van der Waals surface area contributed by atoms with Gasteiger partial charge in [0.05, 0.1) is 5.54 Å². The van der Waals surface area contributed by atoms with Crippen LogP contribution in [0.5, 0.6) is 5.75 Å². The average molecular weight is 316 g/mol. The van der Waals surface area contributed by atoms with E-state index >= 15 is 0 Å². The maximum absolute atomic E-state index is 6.12. The highest BCUT2D eigenvalue weighted by molar-refractivity contribution is 6.30. The van der Waals surface area contributed by atoms with E-state index in [1.807, 2.05) is 12.1 Å². The maximum atomic E-state index is 6.12. The summed E-state index contributed by atoms with van der Waals surface area (Å²) in [5.41, 5.74) is 5.72. The molecule has 0 saturated heterocycles. The molecule has 0 atom stereocenters. The van der Waals surface area contributed by atoms with Gasteiger partial charge in [0.2, 0.25) is 0 Å². The second-order valence-corrected chi connectivity index (χ2v) is 5.20. The molecule has 0 radical (unpaired) electrons. The van der Waals surface area contributed by atoms with E-state index in [1.165, 1.54) is 0 Å². The van der Waals surface area contributed by atoms with Crippen molar-refractivity contribution in [3.63, 3.8) is 0 Å². The van der Waals surface area contributed by atoms with E-state index in [2.05, 4.69) is 10.1 Å². The highest BCUT2D eigenvalue weighted by atomic mass is 35.5. The summed E-state index contributed by atoms with van der Waals surface area (Å²) in [5, 5.41) is 4.55. The highest BCUT2D eigenvalue weighted by Gasteiger charge is 2.38. The Balaban J connectivity index is 0.00000147. The van der Waals surface area contributed by atoms with Crippen molar-refractivity contribution >= 4 is 24.0 Å². The number of nitrogens with two attached hydrogens (primary N) is 1. The molecule has 2 N–H and O–H groups in total. The summed E-state index contributed by atoms with van der Waals surface area (Å²) in [6.45, 7) is 0.212. The Labute approximate surface area is 127 Å². The van der Waals surface area contributed by atoms with Crippen molar-refractivity contribution in [3.05, 3.63) is 41.0 Å². The van der Waals surface area contributed by atoms with Gasteiger partial charge in [-0.15, -0.1) is 12.4 Å². The van der Waals surface area contributed by atoms with Gasteiger partial charge in [-0.1, -0.05) is 22.8 Å². The van der Waals surface area contributed by atoms with E-state index in [9.17, 15) is 0 Å². The van der Waals surface area contributed by atoms with Crippen LogP contribution in [-0.2, 0) is 12.1 Å². The molecule has 1 aliphatic rings. The van der Waals surface area contributed by atoms with Crippen LogP contribution < -0.4 is 10.5 Å². The number of rotatable bonds is 4. The first-order valence-corrected chi connectivity index (χ1v) is 6.54. The molecule has 1 heterocycles. The minimum atomic E-state index is -0.405. The number of ether oxygens (including phenoxy) is 1. The lowest BCUT2D eigenvalue weighted by atomic mass is 9.77. The summed E-state index contributed by atoms with van der Waals surface area (Å²) >= 11 is 5.87. The minimum absolute atomic E-state index is 0. The van der Waals surface area contributed by atoms with Gasteiger partial charge in [-0.3, -0.25) is 0 Å². The Morgan fingerprint density at radius 2 is 2.20 bits per heavy atom. The van der Waals surface area contributed by atoms with Crippen LogP contribution in [0.25, 0.3) is 0 Å². The Hall–Kier alpha value is -1.30. The number of benzene rings is 1. The second-order valence-electron chi connectivity index (χ2n) is 4.77. The molecule has 1 aliphatic carbocycles. The quantitative estimate of drug-likeness (QED) is 0.938. The molecule has 0 aliphatic heterocycles. The lowest BCUT2D eigenvalue weighted by Crippen LogP contribution is -2.44. The smallest absolute Gasteiger partial charge is 0.264 e. The van der Waals surface area contributed by atoms with Crippen molar-refractivity contribution in [2.45, 2.75) is 31.4 Å². The molecule has 3 rings (SSSR count). The summed E-state index contributed by atoms with van der Waals surface area (Å²) in [7, 11) is 0. The Bertz CT molecular complexity index is 585. The Morgan fingerprint density at radius 3 is 2.85 bits per heavy atom. The topological polar surface area (TPSA) is 74.2 Å². The predicted octanol–water partition coefficient (Wildman–Crippen LogP) is 3.06. The fourth-order valence-electron chi connectivity index (χ4n) is 2.00. The first-order chi connectivity index (χ1) is 9.16. The van der Waals surface area contributed by atoms with Gasteiger partial charge in [0, 0.05) is 5.02 Å². The van der Waals surface area contributed by atoms with Gasteiger partial charge >= 0.3 is 0 Å². The van der Waals surface area contributed by atoms with E-state index in [0.29, 0.717) is 22.5 Å². The molecular formula is C13H15Cl2N3O2. The molecule has 0 spiro atoms. The van der Waals surface area contributed by atoms with E-state index in [0.717, 1.165) is 19.3 Å². The monoisotopic (exact) mass is 315 g/mol. The van der Waals surface area contributed by atoms with E-state index in [-0.39, 0.29) is 19.0 Å². The van der Waals surface area contributed by atoms with E-state index in [1.54, 1.807) is 12.1 Å². The fraction of sp³-hybridized carbons (Fsp3) is 0.385. The summed E-state index contributed by atoms with van der Waals surface area (Å²) in [4.78, 5) is 4.28. The second kappa shape index (κ2) is 5.99. The van der Waals surface area contributed by atoms with Crippen molar-refractivity contribution in [1.82, 2.24) is 10.1 Å². The van der Waals surface area contributed by atoms with Crippen molar-refractivity contribution in [3.8, 4) is 5.75 Å². The van der Waals surface area contributed by atoms with E-state index < -0.39 is 5.54 Å². The van der Waals surface area contributed by atoms with Crippen molar-refractivity contribution in [2.24, 2.45) is 5.73 Å². The van der Waals surface area contributed by atoms with Gasteiger partial charge in [-0.05, 0) is 37.5 Å². The van der Waals surface area contributed by atoms with Crippen LogP contribution in [-0.4, -0.2) is 10.1 Å². The maximum Gasteiger partial charge on any atom is 0.264 e. The molecule has 0 unspecified atom stereocenters. The van der Waals surface area contributed by atoms with Gasteiger partial charge in [-0.2, -0.15) is 4.98 Å². The van der Waals surface area contributed by atoms with Crippen molar-refractivity contribution in [1.29, 1.82) is 0 Å². The molecule has 5 nitrogen and oxygen atoms in total. The summed E-state index contributed by atoms with van der Waals surface area (Å²) in [6, 6.07) is 7.16. The van der Waals surface area contributed by atoms with Gasteiger partial charge in [-0.25, -0.2) is 0 Å². The lowest BCUT2D eigenvalue weighted by molar-refractivity contribution is 0.223. The standard InChI is InChI=1S/C13H14ClN3O2.ClH/c14-9-3-1-4-10(7-9)18-8-11-16-12(17-19-11)13(15)5-2-6-13;/h1,3-4,7H,2,5-6,8,15H2;1H. The zero-order valence-corrected chi connectivity index (χ0v) is 12.3. The molecule has 1 fully saturated rings. The van der Waals surface area contributed by atoms with Crippen LogP contribution in [0.1, 0.15) is 31.0 Å². The molecule has 0 bridgehead atoms. The van der Waals surface area contributed by atoms with Crippen LogP contribution in [0.15, 0.2) is 28.8 Å². The molecule has 1 aromatic carbocycles. The average Bonchev–Trinajstić information content (AvgIpc) is 2.83. The molecule has 20 heavy (non-hydrogen) atoms. The van der Waals surface area contributed by atoms with Gasteiger partial charge in [0.25, 0.3) is 5.89 Å². The normalized spacial score (nSPS) is 16.1. The third-order valence-corrected chi connectivity index (χ3v) is 3.55. The van der Waals surface area contributed by atoms with Crippen molar-refractivity contribution < 1.29 is 9.26 Å². The molecule has 1 aromatic heterocycles. The molecular weight excluding hydrogens is 301 g/mol.